The summed E-state index contributed by atoms with van der Waals surface area (Å²) in [5, 5.41) is 6.84. The third kappa shape index (κ3) is 2.97. The molecule has 6 heteroatoms. The van der Waals surface area contributed by atoms with Gasteiger partial charge in [0.25, 0.3) is 0 Å². The zero-order valence-electron chi connectivity index (χ0n) is 10.8. The van der Waals surface area contributed by atoms with Crippen LogP contribution in [0, 0.1) is 0 Å². The molecule has 0 spiro atoms. The Morgan fingerprint density at radius 2 is 2.35 bits per heavy atom. The highest BCUT2D eigenvalue weighted by Gasteiger charge is 2.23. The molecule has 3 rings (SSSR count). The Bertz CT molecular complexity index is 606. The van der Waals surface area contributed by atoms with Gasteiger partial charge in [0, 0.05) is 11.8 Å². The van der Waals surface area contributed by atoms with E-state index in [4.69, 9.17) is 15.2 Å². The van der Waals surface area contributed by atoms with Crippen molar-refractivity contribution < 1.29 is 14.3 Å². The third-order valence-corrected chi connectivity index (χ3v) is 3.04. The van der Waals surface area contributed by atoms with E-state index in [9.17, 15) is 4.79 Å². The molecule has 0 bridgehead atoms. The molecule has 0 saturated carbocycles. The maximum atomic E-state index is 11.0. The number of primary amides is 1. The Kier molecular flexibility index (Phi) is 3.39. The van der Waals surface area contributed by atoms with Crippen LogP contribution in [0.15, 0.2) is 30.5 Å². The largest absolute Gasteiger partial charge is 0.490 e. The summed E-state index contributed by atoms with van der Waals surface area (Å²) in [5.41, 5.74) is 7.77. The van der Waals surface area contributed by atoms with Gasteiger partial charge in [0.1, 0.15) is 18.5 Å². The molecule has 0 aliphatic carbocycles. The zero-order valence-corrected chi connectivity index (χ0v) is 10.8. The number of nitrogens with two attached hydrogens (primary N) is 1. The van der Waals surface area contributed by atoms with Gasteiger partial charge < -0.3 is 15.2 Å². The van der Waals surface area contributed by atoms with Crippen molar-refractivity contribution in [2.45, 2.75) is 12.5 Å². The lowest BCUT2D eigenvalue weighted by atomic mass is 10.0. The van der Waals surface area contributed by atoms with Crippen molar-refractivity contribution in [3.8, 4) is 17.0 Å². The molecule has 1 atom stereocenters. The molecule has 1 aromatic carbocycles. The van der Waals surface area contributed by atoms with Gasteiger partial charge in [0.2, 0.25) is 5.91 Å². The number of carbonyl (C=O) groups excluding carboxylic acids is 1. The summed E-state index contributed by atoms with van der Waals surface area (Å²) in [7, 11) is 0. The van der Waals surface area contributed by atoms with Crippen LogP contribution in [0.1, 0.15) is 5.56 Å². The number of nitrogens with zero attached hydrogens (tertiary/aromatic N) is 1. The summed E-state index contributed by atoms with van der Waals surface area (Å²) in [6, 6.07) is 7.43. The van der Waals surface area contributed by atoms with Crippen LogP contribution in [0.5, 0.6) is 5.75 Å². The Labute approximate surface area is 115 Å². The molecular weight excluding hydrogens is 258 g/mol. The van der Waals surface area contributed by atoms with Crippen LogP contribution in [0.25, 0.3) is 11.3 Å². The van der Waals surface area contributed by atoms with Gasteiger partial charge in [-0.05, 0) is 23.8 Å². The van der Waals surface area contributed by atoms with E-state index in [1.165, 1.54) is 0 Å². The monoisotopic (exact) mass is 273 g/mol. The van der Waals surface area contributed by atoms with Crippen molar-refractivity contribution in [3.63, 3.8) is 0 Å². The average Bonchev–Trinajstić information content (AvgIpc) is 3.09. The second-order valence-corrected chi connectivity index (χ2v) is 4.71. The van der Waals surface area contributed by atoms with Crippen molar-refractivity contribution in [3.05, 3.63) is 36.0 Å². The summed E-state index contributed by atoms with van der Waals surface area (Å²) in [5.74, 6) is 0.374. The van der Waals surface area contributed by atoms with Gasteiger partial charge in [-0.2, -0.15) is 5.10 Å². The molecule has 1 fully saturated rings. The first-order valence-corrected chi connectivity index (χ1v) is 6.38. The first kappa shape index (κ1) is 12.7. The third-order valence-electron chi connectivity index (χ3n) is 3.04. The number of epoxide rings is 1. The molecule has 20 heavy (non-hydrogen) atoms. The van der Waals surface area contributed by atoms with Gasteiger partial charge in [0.15, 0.2) is 0 Å². The quantitative estimate of drug-likeness (QED) is 0.764. The lowest BCUT2D eigenvalue weighted by Gasteiger charge is -2.11. The summed E-state index contributed by atoms with van der Waals surface area (Å²) in [6.45, 7) is 1.27. The number of amides is 1. The normalized spacial score (nSPS) is 16.9. The predicted molar refractivity (Wildman–Crippen MR) is 72.2 cm³/mol. The maximum Gasteiger partial charge on any atom is 0.221 e. The Hall–Kier alpha value is -2.34. The van der Waals surface area contributed by atoms with Gasteiger partial charge >= 0.3 is 0 Å². The van der Waals surface area contributed by atoms with E-state index >= 15 is 0 Å². The first-order valence-electron chi connectivity index (χ1n) is 6.38. The van der Waals surface area contributed by atoms with Crippen LogP contribution in [-0.4, -0.2) is 35.4 Å². The molecule has 1 unspecified atom stereocenters. The number of carbonyl (C=O) groups is 1. The Balaban J connectivity index is 1.88. The molecule has 104 valence electrons. The molecule has 6 nitrogen and oxygen atoms in total. The number of hydrogen-bond donors (Lipinski definition) is 2. The second-order valence-electron chi connectivity index (χ2n) is 4.71. The zero-order chi connectivity index (χ0) is 13.9. The van der Waals surface area contributed by atoms with E-state index in [1.54, 1.807) is 6.20 Å². The van der Waals surface area contributed by atoms with Gasteiger partial charge in [-0.25, -0.2) is 0 Å². The van der Waals surface area contributed by atoms with E-state index in [-0.39, 0.29) is 18.4 Å². The minimum atomic E-state index is -0.361. The highest BCUT2D eigenvalue weighted by molar-refractivity contribution is 5.78. The smallest absolute Gasteiger partial charge is 0.221 e. The van der Waals surface area contributed by atoms with Crippen molar-refractivity contribution in [2.75, 3.05) is 13.2 Å². The van der Waals surface area contributed by atoms with E-state index in [0.29, 0.717) is 6.61 Å². The van der Waals surface area contributed by atoms with Crippen molar-refractivity contribution in [1.82, 2.24) is 10.2 Å². The van der Waals surface area contributed by atoms with Crippen LogP contribution >= 0.6 is 0 Å². The molecule has 1 saturated heterocycles. The number of hydrogen-bond acceptors (Lipinski definition) is 4. The molecule has 1 aliphatic heterocycles. The Morgan fingerprint density at radius 1 is 1.50 bits per heavy atom. The van der Waals surface area contributed by atoms with Crippen molar-refractivity contribution >= 4 is 5.91 Å². The average molecular weight is 273 g/mol. The number of aromatic amines is 1. The van der Waals surface area contributed by atoms with E-state index < -0.39 is 0 Å². The summed E-state index contributed by atoms with van der Waals surface area (Å²) in [6.07, 6.45) is 2.06. The fourth-order valence-corrected chi connectivity index (χ4v) is 1.98. The highest BCUT2D eigenvalue weighted by Crippen LogP contribution is 2.30. The SMILES string of the molecule is NC(=O)Cc1ccc(OCC2CO2)c(-c2ccn[nH]2)c1. The number of nitrogens with one attached hydrogen (secondary N) is 1. The number of H-pyrrole nitrogens is 1. The Morgan fingerprint density at radius 3 is 3.00 bits per heavy atom. The van der Waals surface area contributed by atoms with E-state index in [2.05, 4.69) is 10.2 Å². The van der Waals surface area contributed by atoms with Crippen molar-refractivity contribution in [1.29, 1.82) is 0 Å². The lowest BCUT2D eigenvalue weighted by molar-refractivity contribution is -0.117. The molecule has 1 amide bonds. The van der Waals surface area contributed by atoms with Crippen LogP contribution < -0.4 is 10.5 Å². The van der Waals surface area contributed by atoms with Gasteiger partial charge in [-0.15, -0.1) is 0 Å². The number of ether oxygens (including phenoxy) is 2. The molecule has 2 heterocycles. The van der Waals surface area contributed by atoms with E-state index in [1.807, 2.05) is 24.3 Å². The molecule has 1 aromatic heterocycles. The van der Waals surface area contributed by atoms with Gasteiger partial charge in [-0.1, -0.05) is 6.07 Å². The highest BCUT2D eigenvalue weighted by atomic mass is 16.6. The summed E-state index contributed by atoms with van der Waals surface area (Å²) >= 11 is 0. The van der Waals surface area contributed by atoms with Crippen LogP contribution in [0.3, 0.4) is 0 Å². The predicted octanol–water partition coefficient (Wildman–Crippen LogP) is 0.882. The molecule has 2 aromatic rings. The van der Waals surface area contributed by atoms with Crippen LogP contribution in [-0.2, 0) is 16.0 Å². The maximum absolute atomic E-state index is 11.0. The number of benzene rings is 1. The standard InChI is InChI=1S/C14H15N3O3/c15-14(18)6-9-1-2-13(20-8-10-7-19-10)11(5-9)12-3-4-16-17-12/h1-5,10H,6-8H2,(H2,15,18)(H,16,17). The number of aromatic nitrogens is 2. The van der Waals surface area contributed by atoms with Crippen LogP contribution in [0.4, 0.5) is 0 Å². The van der Waals surface area contributed by atoms with Gasteiger partial charge in [-0.3, -0.25) is 9.89 Å². The molecular formula is C14H15N3O3. The molecule has 3 N–H and O–H groups in total. The summed E-state index contributed by atoms with van der Waals surface area (Å²) < 4.78 is 10.9. The minimum Gasteiger partial charge on any atom is -0.490 e. The fraction of sp³-hybridized carbons (Fsp3) is 0.286. The number of rotatable bonds is 6. The van der Waals surface area contributed by atoms with Crippen molar-refractivity contribution in [2.24, 2.45) is 5.73 Å². The second kappa shape index (κ2) is 5.34. The van der Waals surface area contributed by atoms with Crippen LogP contribution in [0.2, 0.25) is 0 Å². The summed E-state index contributed by atoms with van der Waals surface area (Å²) in [4.78, 5) is 11.0. The van der Waals surface area contributed by atoms with E-state index in [0.717, 1.165) is 29.2 Å². The topological polar surface area (TPSA) is 93.5 Å². The first-order chi connectivity index (χ1) is 9.72. The molecule has 1 aliphatic rings. The molecule has 0 radical (unpaired) electrons. The lowest BCUT2D eigenvalue weighted by Crippen LogP contribution is -2.13. The minimum absolute atomic E-state index is 0.190. The fourth-order valence-electron chi connectivity index (χ4n) is 1.98. The van der Waals surface area contributed by atoms with Gasteiger partial charge in [0.05, 0.1) is 18.7 Å².